The lowest BCUT2D eigenvalue weighted by atomic mass is 10.1. The lowest BCUT2D eigenvalue weighted by molar-refractivity contribution is -0.123. The summed E-state index contributed by atoms with van der Waals surface area (Å²) in [6, 6.07) is 17.0. The fourth-order valence-corrected chi connectivity index (χ4v) is 3.89. The molecule has 2 N–H and O–H groups in total. The van der Waals surface area contributed by atoms with Gasteiger partial charge in [-0.15, -0.1) is 0 Å². The molecule has 0 aromatic heterocycles. The Morgan fingerprint density at radius 2 is 1.69 bits per heavy atom. The second-order valence-corrected chi connectivity index (χ2v) is 7.96. The number of nitrogens with zero attached hydrogens (tertiary/aromatic N) is 2. The number of rotatable bonds is 5. The van der Waals surface area contributed by atoms with Crippen LogP contribution in [-0.2, 0) is 16.1 Å². The lowest BCUT2D eigenvalue weighted by Gasteiger charge is -2.35. The third-order valence-electron chi connectivity index (χ3n) is 5.63. The van der Waals surface area contributed by atoms with Gasteiger partial charge in [-0.3, -0.25) is 19.4 Å². The molecule has 0 radical (unpaired) electrons. The predicted molar refractivity (Wildman–Crippen MR) is 126 cm³/mol. The summed E-state index contributed by atoms with van der Waals surface area (Å²) in [4.78, 5) is 41.2. The summed E-state index contributed by atoms with van der Waals surface area (Å²) < 4.78 is 23.8. The monoisotopic (exact) mass is 476 g/mol. The summed E-state index contributed by atoms with van der Waals surface area (Å²) in [5, 5.41) is 5.47. The Hall–Kier alpha value is -4.60. The first-order chi connectivity index (χ1) is 17.0. The molecule has 2 aliphatic rings. The van der Waals surface area contributed by atoms with E-state index in [9.17, 15) is 18.8 Å². The molecule has 0 fully saturated rings. The summed E-state index contributed by atoms with van der Waals surface area (Å²) in [7, 11) is 0. The van der Waals surface area contributed by atoms with E-state index in [1.165, 1.54) is 34.1 Å². The normalized spacial score (nSPS) is 13.9. The molecule has 178 valence electrons. The van der Waals surface area contributed by atoms with Crippen LogP contribution in [0.4, 0.5) is 26.2 Å². The maximum Gasteiger partial charge on any atom is 0.326 e. The van der Waals surface area contributed by atoms with Crippen molar-refractivity contribution in [3.05, 3.63) is 78.1 Å². The van der Waals surface area contributed by atoms with Crippen LogP contribution in [0.1, 0.15) is 5.56 Å². The summed E-state index contributed by atoms with van der Waals surface area (Å²) >= 11 is 0. The summed E-state index contributed by atoms with van der Waals surface area (Å²) in [6.45, 7) is -0.0286. The van der Waals surface area contributed by atoms with E-state index >= 15 is 0 Å². The molecule has 0 spiro atoms. The Labute approximate surface area is 200 Å². The van der Waals surface area contributed by atoms with Crippen molar-refractivity contribution in [2.75, 3.05) is 35.0 Å². The minimum atomic E-state index is -0.538. The van der Waals surface area contributed by atoms with E-state index in [0.717, 1.165) is 5.56 Å². The Morgan fingerprint density at radius 3 is 2.49 bits per heavy atom. The smallest absolute Gasteiger partial charge is 0.326 e. The van der Waals surface area contributed by atoms with Gasteiger partial charge < -0.3 is 20.1 Å². The number of para-hydroxylation sites is 2. The van der Waals surface area contributed by atoms with Gasteiger partial charge in [0.2, 0.25) is 18.6 Å². The fourth-order valence-electron chi connectivity index (χ4n) is 3.89. The van der Waals surface area contributed by atoms with Crippen LogP contribution in [0.2, 0.25) is 0 Å². The number of benzene rings is 3. The Morgan fingerprint density at radius 1 is 0.943 bits per heavy atom. The maximum atomic E-state index is 13.2. The third kappa shape index (κ3) is 4.72. The molecule has 35 heavy (non-hydrogen) atoms. The zero-order valence-corrected chi connectivity index (χ0v) is 18.5. The molecule has 9 nitrogen and oxygen atoms in total. The van der Waals surface area contributed by atoms with Gasteiger partial charge >= 0.3 is 6.03 Å². The van der Waals surface area contributed by atoms with Crippen molar-refractivity contribution in [3.63, 3.8) is 0 Å². The number of amides is 4. The molecule has 0 bridgehead atoms. The predicted octanol–water partition coefficient (Wildman–Crippen LogP) is 3.26. The van der Waals surface area contributed by atoms with E-state index in [1.807, 2.05) is 6.07 Å². The van der Waals surface area contributed by atoms with Gasteiger partial charge in [-0.25, -0.2) is 9.18 Å². The standard InChI is InChI=1S/C25H21FN4O5/c26-17-6-8-18(9-7-17)28-25(33)30-14-24(32)29(19-3-1-2-4-20(19)30)13-23(31)27-12-16-5-10-21-22(11-16)35-15-34-21/h1-11H,12-15H2,(H,27,31)(H,28,33). The maximum absolute atomic E-state index is 13.2. The number of fused-ring (bicyclic) bond motifs is 2. The van der Waals surface area contributed by atoms with E-state index in [-0.39, 0.29) is 32.3 Å². The van der Waals surface area contributed by atoms with Crippen molar-refractivity contribution in [1.29, 1.82) is 0 Å². The molecule has 10 heteroatoms. The number of anilines is 3. The first-order valence-electron chi connectivity index (χ1n) is 10.9. The SMILES string of the molecule is O=C(CN1C(=O)CN(C(=O)Nc2ccc(F)cc2)c2ccccc21)NCc1ccc2c(c1)OCO2. The van der Waals surface area contributed by atoms with Gasteiger partial charge in [0, 0.05) is 12.2 Å². The van der Waals surface area contributed by atoms with E-state index in [1.54, 1.807) is 36.4 Å². The highest BCUT2D eigenvalue weighted by Gasteiger charge is 2.33. The lowest BCUT2D eigenvalue weighted by Crippen LogP contribution is -2.51. The van der Waals surface area contributed by atoms with Gasteiger partial charge in [0.15, 0.2) is 11.5 Å². The average Bonchev–Trinajstić information content (AvgIpc) is 3.33. The van der Waals surface area contributed by atoms with Crippen LogP contribution >= 0.6 is 0 Å². The summed E-state index contributed by atoms with van der Waals surface area (Å²) in [6.07, 6.45) is 0. The number of carbonyl (C=O) groups is 3. The summed E-state index contributed by atoms with van der Waals surface area (Å²) in [5.74, 6) is 0.0969. The first kappa shape index (κ1) is 22.2. The number of urea groups is 1. The Kier molecular flexibility index (Phi) is 5.92. The average molecular weight is 476 g/mol. The van der Waals surface area contributed by atoms with Crippen molar-refractivity contribution in [1.82, 2.24) is 5.32 Å². The fraction of sp³-hybridized carbons (Fsp3) is 0.160. The number of ether oxygens (including phenoxy) is 2. The quantitative estimate of drug-likeness (QED) is 0.589. The van der Waals surface area contributed by atoms with Crippen molar-refractivity contribution in [2.24, 2.45) is 0 Å². The second-order valence-electron chi connectivity index (χ2n) is 7.96. The van der Waals surface area contributed by atoms with Crippen LogP contribution in [0, 0.1) is 5.82 Å². The zero-order chi connectivity index (χ0) is 24.4. The molecule has 5 rings (SSSR count). The van der Waals surface area contributed by atoms with E-state index in [4.69, 9.17) is 9.47 Å². The first-order valence-corrected chi connectivity index (χ1v) is 10.9. The van der Waals surface area contributed by atoms with Crippen LogP contribution in [0.25, 0.3) is 0 Å². The van der Waals surface area contributed by atoms with Crippen molar-refractivity contribution in [2.45, 2.75) is 6.54 Å². The van der Waals surface area contributed by atoms with Crippen LogP contribution < -0.4 is 29.9 Å². The van der Waals surface area contributed by atoms with E-state index in [0.29, 0.717) is 28.6 Å². The molecule has 0 saturated carbocycles. The molecular weight excluding hydrogens is 455 g/mol. The van der Waals surface area contributed by atoms with Gasteiger partial charge in [0.25, 0.3) is 0 Å². The minimum absolute atomic E-state index is 0.167. The topological polar surface area (TPSA) is 100 Å². The van der Waals surface area contributed by atoms with Crippen molar-refractivity contribution in [3.8, 4) is 11.5 Å². The highest BCUT2D eigenvalue weighted by molar-refractivity contribution is 6.15. The second kappa shape index (κ2) is 9.34. The molecular formula is C25H21FN4O5. The molecule has 2 heterocycles. The largest absolute Gasteiger partial charge is 0.454 e. The van der Waals surface area contributed by atoms with Gasteiger partial charge in [0.1, 0.15) is 18.9 Å². The van der Waals surface area contributed by atoms with Crippen LogP contribution in [0.3, 0.4) is 0 Å². The number of carbonyl (C=O) groups excluding carboxylic acids is 3. The highest BCUT2D eigenvalue weighted by Crippen LogP contribution is 2.34. The van der Waals surface area contributed by atoms with E-state index < -0.39 is 17.8 Å². The molecule has 2 aliphatic heterocycles. The minimum Gasteiger partial charge on any atom is -0.454 e. The van der Waals surface area contributed by atoms with E-state index in [2.05, 4.69) is 10.6 Å². The van der Waals surface area contributed by atoms with Crippen molar-refractivity contribution < 1.29 is 28.2 Å². The number of nitrogens with one attached hydrogen (secondary N) is 2. The molecule has 3 aromatic rings. The number of hydrogen-bond donors (Lipinski definition) is 2. The molecule has 3 aromatic carbocycles. The van der Waals surface area contributed by atoms with Crippen LogP contribution in [-0.4, -0.2) is 37.7 Å². The Bertz CT molecular complexity index is 1300. The molecule has 0 aliphatic carbocycles. The highest BCUT2D eigenvalue weighted by atomic mass is 19.1. The van der Waals surface area contributed by atoms with Gasteiger partial charge in [0.05, 0.1) is 11.4 Å². The molecule has 0 saturated heterocycles. The number of halogens is 1. The molecule has 0 unspecified atom stereocenters. The molecule has 0 atom stereocenters. The zero-order valence-electron chi connectivity index (χ0n) is 18.5. The number of hydrogen-bond acceptors (Lipinski definition) is 5. The Balaban J connectivity index is 1.27. The molecule has 4 amide bonds. The van der Waals surface area contributed by atoms with Gasteiger partial charge in [-0.1, -0.05) is 18.2 Å². The third-order valence-corrected chi connectivity index (χ3v) is 5.63. The summed E-state index contributed by atoms with van der Waals surface area (Å²) in [5.41, 5.74) is 2.15. The van der Waals surface area contributed by atoms with Gasteiger partial charge in [-0.2, -0.15) is 0 Å². The van der Waals surface area contributed by atoms with Crippen LogP contribution in [0.5, 0.6) is 11.5 Å². The van der Waals surface area contributed by atoms with Gasteiger partial charge in [-0.05, 0) is 54.1 Å². The van der Waals surface area contributed by atoms with Crippen LogP contribution in [0.15, 0.2) is 66.7 Å². The van der Waals surface area contributed by atoms with Crippen molar-refractivity contribution >= 4 is 34.9 Å².